The Kier molecular flexibility index (Phi) is 6.14. The lowest BCUT2D eigenvalue weighted by Crippen LogP contribution is -2.10. The standard InChI is InChI=1S/C13H22O2/c1-2-3-4-5-6-9-12(14)13-10-7-8-11-15-13/h10H,2-9,11H2,1H3. The molecule has 0 bridgehead atoms. The van der Waals surface area contributed by atoms with Crippen LogP contribution in [0.1, 0.15) is 58.3 Å². The van der Waals surface area contributed by atoms with Crippen LogP contribution in [0, 0.1) is 0 Å². The van der Waals surface area contributed by atoms with Crippen LogP contribution in [0.2, 0.25) is 0 Å². The van der Waals surface area contributed by atoms with Gasteiger partial charge in [0.25, 0.3) is 0 Å². The van der Waals surface area contributed by atoms with E-state index in [0.717, 1.165) is 19.3 Å². The van der Waals surface area contributed by atoms with E-state index in [9.17, 15) is 4.79 Å². The molecule has 0 aromatic rings. The second kappa shape index (κ2) is 7.49. The number of hydrogen-bond acceptors (Lipinski definition) is 2. The summed E-state index contributed by atoms with van der Waals surface area (Å²) in [4.78, 5) is 11.6. The molecule has 1 aliphatic rings. The lowest BCUT2D eigenvalue weighted by Gasteiger charge is -2.13. The Morgan fingerprint density at radius 3 is 2.80 bits per heavy atom. The number of unbranched alkanes of at least 4 members (excludes halogenated alkanes) is 4. The highest BCUT2D eigenvalue weighted by atomic mass is 16.5. The highest BCUT2D eigenvalue weighted by Crippen LogP contribution is 2.14. The monoisotopic (exact) mass is 210 g/mol. The molecule has 0 amide bonds. The zero-order chi connectivity index (χ0) is 10.9. The summed E-state index contributed by atoms with van der Waals surface area (Å²) in [5.74, 6) is 0.822. The maximum Gasteiger partial charge on any atom is 0.197 e. The number of rotatable bonds is 7. The topological polar surface area (TPSA) is 26.3 Å². The number of Topliss-reactive ketones (excluding diaryl/α,β-unsaturated/α-hetero) is 1. The van der Waals surface area contributed by atoms with Gasteiger partial charge in [-0.15, -0.1) is 0 Å². The van der Waals surface area contributed by atoms with Crippen LogP contribution in [-0.2, 0) is 9.53 Å². The predicted molar refractivity (Wildman–Crippen MR) is 61.7 cm³/mol. The fourth-order valence-corrected chi connectivity index (χ4v) is 1.76. The molecule has 86 valence electrons. The fraction of sp³-hybridized carbons (Fsp3) is 0.769. The van der Waals surface area contributed by atoms with E-state index in [0.29, 0.717) is 18.8 Å². The van der Waals surface area contributed by atoms with Crippen LogP contribution in [0.4, 0.5) is 0 Å². The molecule has 2 nitrogen and oxygen atoms in total. The lowest BCUT2D eigenvalue weighted by atomic mass is 10.1. The van der Waals surface area contributed by atoms with Crippen molar-refractivity contribution in [1.82, 2.24) is 0 Å². The van der Waals surface area contributed by atoms with Gasteiger partial charge in [0, 0.05) is 6.42 Å². The maximum absolute atomic E-state index is 11.6. The molecular formula is C13H22O2. The number of carbonyl (C=O) groups is 1. The van der Waals surface area contributed by atoms with Crippen molar-refractivity contribution in [3.8, 4) is 0 Å². The van der Waals surface area contributed by atoms with Gasteiger partial charge >= 0.3 is 0 Å². The SMILES string of the molecule is CCCCCCCC(=O)C1=CCCCO1. The van der Waals surface area contributed by atoms with Gasteiger partial charge in [-0.3, -0.25) is 4.79 Å². The van der Waals surface area contributed by atoms with Crippen LogP contribution in [-0.4, -0.2) is 12.4 Å². The highest BCUT2D eigenvalue weighted by molar-refractivity contribution is 5.93. The van der Waals surface area contributed by atoms with E-state index in [1.807, 2.05) is 6.08 Å². The quantitative estimate of drug-likeness (QED) is 0.600. The van der Waals surface area contributed by atoms with Crippen LogP contribution in [0.15, 0.2) is 11.8 Å². The molecule has 0 unspecified atom stereocenters. The highest BCUT2D eigenvalue weighted by Gasteiger charge is 2.12. The molecule has 0 saturated carbocycles. The average molecular weight is 210 g/mol. The first kappa shape index (κ1) is 12.3. The Labute approximate surface area is 92.7 Å². The van der Waals surface area contributed by atoms with Crippen molar-refractivity contribution in [2.24, 2.45) is 0 Å². The van der Waals surface area contributed by atoms with Crippen molar-refractivity contribution >= 4 is 5.78 Å². The van der Waals surface area contributed by atoms with Crippen molar-refractivity contribution in [3.63, 3.8) is 0 Å². The first-order valence-electron chi connectivity index (χ1n) is 6.20. The Morgan fingerprint density at radius 2 is 2.13 bits per heavy atom. The Bertz CT molecular complexity index is 219. The zero-order valence-electron chi connectivity index (χ0n) is 9.76. The second-order valence-corrected chi connectivity index (χ2v) is 4.15. The fourth-order valence-electron chi connectivity index (χ4n) is 1.76. The molecule has 0 aliphatic carbocycles. The van der Waals surface area contributed by atoms with E-state index >= 15 is 0 Å². The van der Waals surface area contributed by atoms with Gasteiger partial charge in [-0.2, -0.15) is 0 Å². The predicted octanol–water partition coefficient (Wildman–Crippen LogP) is 3.61. The summed E-state index contributed by atoms with van der Waals surface area (Å²) in [6, 6.07) is 0. The molecule has 0 saturated heterocycles. The van der Waals surface area contributed by atoms with Crippen LogP contribution in [0.25, 0.3) is 0 Å². The lowest BCUT2D eigenvalue weighted by molar-refractivity contribution is -0.119. The summed E-state index contributed by atoms with van der Waals surface area (Å²) < 4.78 is 5.33. The van der Waals surface area contributed by atoms with Gasteiger partial charge in [0.1, 0.15) is 0 Å². The Morgan fingerprint density at radius 1 is 1.33 bits per heavy atom. The minimum atomic E-state index is 0.200. The molecule has 0 N–H and O–H groups in total. The molecule has 0 atom stereocenters. The van der Waals surface area contributed by atoms with Crippen molar-refractivity contribution in [2.45, 2.75) is 58.3 Å². The first-order chi connectivity index (χ1) is 7.34. The smallest absolute Gasteiger partial charge is 0.197 e. The largest absolute Gasteiger partial charge is 0.490 e. The molecule has 0 aromatic heterocycles. The Balaban J connectivity index is 2.10. The Hall–Kier alpha value is -0.790. The number of hydrogen-bond donors (Lipinski definition) is 0. The van der Waals surface area contributed by atoms with Gasteiger partial charge in [-0.1, -0.05) is 32.6 Å². The van der Waals surface area contributed by atoms with Crippen molar-refractivity contribution in [2.75, 3.05) is 6.61 Å². The summed E-state index contributed by atoms with van der Waals surface area (Å²) >= 11 is 0. The van der Waals surface area contributed by atoms with E-state index in [2.05, 4.69) is 6.92 Å². The third-order valence-electron chi connectivity index (χ3n) is 2.72. The molecular weight excluding hydrogens is 188 g/mol. The first-order valence-corrected chi connectivity index (χ1v) is 6.20. The minimum absolute atomic E-state index is 0.200. The van der Waals surface area contributed by atoms with Gasteiger partial charge in [0.05, 0.1) is 6.61 Å². The molecule has 1 aliphatic heterocycles. The summed E-state index contributed by atoms with van der Waals surface area (Å²) in [7, 11) is 0. The third-order valence-corrected chi connectivity index (χ3v) is 2.72. The summed E-state index contributed by atoms with van der Waals surface area (Å²) in [5.41, 5.74) is 0. The van der Waals surface area contributed by atoms with Gasteiger partial charge in [0.15, 0.2) is 11.5 Å². The third kappa shape index (κ3) is 5.01. The van der Waals surface area contributed by atoms with Gasteiger partial charge in [-0.25, -0.2) is 0 Å². The molecule has 0 aromatic carbocycles. The van der Waals surface area contributed by atoms with E-state index < -0.39 is 0 Å². The van der Waals surface area contributed by atoms with Crippen molar-refractivity contribution in [3.05, 3.63) is 11.8 Å². The zero-order valence-corrected chi connectivity index (χ0v) is 9.76. The van der Waals surface area contributed by atoms with Crippen LogP contribution < -0.4 is 0 Å². The van der Waals surface area contributed by atoms with Crippen molar-refractivity contribution < 1.29 is 9.53 Å². The van der Waals surface area contributed by atoms with Gasteiger partial charge in [-0.05, 0) is 25.3 Å². The minimum Gasteiger partial charge on any atom is -0.490 e. The summed E-state index contributed by atoms with van der Waals surface area (Å²) in [5, 5.41) is 0. The van der Waals surface area contributed by atoms with Crippen LogP contribution in [0.5, 0.6) is 0 Å². The van der Waals surface area contributed by atoms with Crippen molar-refractivity contribution in [1.29, 1.82) is 0 Å². The van der Waals surface area contributed by atoms with E-state index in [-0.39, 0.29) is 5.78 Å². The number of allylic oxidation sites excluding steroid dienone is 2. The maximum atomic E-state index is 11.6. The second-order valence-electron chi connectivity index (χ2n) is 4.15. The molecule has 0 radical (unpaired) electrons. The molecule has 15 heavy (non-hydrogen) atoms. The molecule has 1 rings (SSSR count). The van der Waals surface area contributed by atoms with Crippen LogP contribution in [0.3, 0.4) is 0 Å². The molecule has 2 heteroatoms. The van der Waals surface area contributed by atoms with Crippen LogP contribution >= 0.6 is 0 Å². The molecule has 0 fully saturated rings. The van der Waals surface area contributed by atoms with E-state index in [1.165, 1.54) is 25.7 Å². The van der Waals surface area contributed by atoms with E-state index in [1.54, 1.807) is 0 Å². The number of carbonyl (C=O) groups excluding carboxylic acids is 1. The number of ether oxygens (including phenoxy) is 1. The summed E-state index contributed by atoms with van der Waals surface area (Å²) in [6.45, 7) is 2.92. The average Bonchev–Trinajstić information content (AvgIpc) is 2.30. The van der Waals surface area contributed by atoms with Gasteiger partial charge < -0.3 is 4.74 Å². The molecule has 0 spiro atoms. The summed E-state index contributed by atoms with van der Waals surface area (Å²) in [6.07, 6.45) is 10.6. The number of ketones is 1. The normalized spacial score (nSPS) is 15.7. The van der Waals surface area contributed by atoms with Gasteiger partial charge in [0.2, 0.25) is 0 Å². The molecule has 1 heterocycles. The van der Waals surface area contributed by atoms with E-state index in [4.69, 9.17) is 4.74 Å².